The standard InChI is InChI=1S/C20H25NO3S/c1-4-19(17-9-5-15(2)6-10-17)21-20(22)13-14-25(23,24)18-11-7-16(3)8-12-18/h5-12,19H,4,13-14H2,1-3H3,(H,21,22)/t19-/m0/s1. The first-order valence-corrected chi connectivity index (χ1v) is 10.1. The Balaban J connectivity index is 1.97. The Kier molecular flexibility index (Phi) is 6.37. The van der Waals surface area contributed by atoms with Crippen LogP contribution in [-0.2, 0) is 14.6 Å². The van der Waals surface area contributed by atoms with Gasteiger partial charge < -0.3 is 5.32 Å². The van der Waals surface area contributed by atoms with Crippen LogP contribution in [0.3, 0.4) is 0 Å². The molecular weight excluding hydrogens is 334 g/mol. The SMILES string of the molecule is CC[C@H](NC(=O)CCS(=O)(=O)c1ccc(C)cc1)c1ccc(C)cc1. The summed E-state index contributed by atoms with van der Waals surface area (Å²) < 4.78 is 24.7. The third kappa shape index (κ3) is 5.43. The van der Waals surface area contributed by atoms with Crippen LogP contribution in [0.25, 0.3) is 0 Å². The first-order valence-electron chi connectivity index (χ1n) is 8.47. The monoisotopic (exact) mass is 359 g/mol. The van der Waals surface area contributed by atoms with Crippen molar-refractivity contribution in [3.05, 3.63) is 65.2 Å². The van der Waals surface area contributed by atoms with Gasteiger partial charge in [0.25, 0.3) is 0 Å². The number of amides is 1. The summed E-state index contributed by atoms with van der Waals surface area (Å²) in [4.78, 5) is 12.5. The van der Waals surface area contributed by atoms with Crippen LogP contribution in [0.4, 0.5) is 0 Å². The maximum atomic E-state index is 12.3. The third-order valence-electron chi connectivity index (χ3n) is 4.20. The molecular formula is C20H25NO3S. The summed E-state index contributed by atoms with van der Waals surface area (Å²) in [6.07, 6.45) is 0.706. The van der Waals surface area contributed by atoms with Crippen molar-refractivity contribution in [3.63, 3.8) is 0 Å². The number of hydrogen-bond acceptors (Lipinski definition) is 3. The van der Waals surface area contributed by atoms with Crippen molar-refractivity contribution in [1.82, 2.24) is 5.32 Å². The molecule has 0 aromatic heterocycles. The summed E-state index contributed by atoms with van der Waals surface area (Å²) in [7, 11) is -3.45. The van der Waals surface area contributed by atoms with E-state index < -0.39 is 9.84 Å². The van der Waals surface area contributed by atoms with Crippen molar-refractivity contribution in [2.75, 3.05) is 5.75 Å². The molecule has 2 aromatic rings. The van der Waals surface area contributed by atoms with E-state index in [4.69, 9.17) is 0 Å². The van der Waals surface area contributed by atoms with Gasteiger partial charge in [0.15, 0.2) is 9.84 Å². The van der Waals surface area contributed by atoms with E-state index in [-0.39, 0.29) is 29.0 Å². The second-order valence-electron chi connectivity index (χ2n) is 6.32. The van der Waals surface area contributed by atoms with Crippen LogP contribution < -0.4 is 5.32 Å². The van der Waals surface area contributed by atoms with Gasteiger partial charge in [-0.2, -0.15) is 0 Å². The molecule has 1 amide bonds. The molecule has 0 bridgehead atoms. The molecule has 1 N–H and O–H groups in total. The van der Waals surface area contributed by atoms with Crippen LogP contribution >= 0.6 is 0 Å². The molecule has 25 heavy (non-hydrogen) atoms. The zero-order valence-corrected chi connectivity index (χ0v) is 15.8. The fourth-order valence-electron chi connectivity index (χ4n) is 2.58. The lowest BCUT2D eigenvalue weighted by Crippen LogP contribution is -2.29. The Hall–Kier alpha value is -2.14. The number of nitrogens with one attached hydrogen (secondary N) is 1. The van der Waals surface area contributed by atoms with Gasteiger partial charge in [-0.05, 0) is 38.0 Å². The first kappa shape index (κ1) is 19.2. The summed E-state index contributed by atoms with van der Waals surface area (Å²) >= 11 is 0. The van der Waals surface area contributed by atoms with Gasteiger partial charge in [0.05, 0.1) is 16.7 Å². The lowest BCUT2D eigenvalue weighted by molar-refractivity contribution is -0.121. The Morgan fingerprint density at radius 1 is 0.960 bits per heavy atom. The van der Waals surface area contributed by atoms with Crippen molar-refractivity contribution < 1.29 is 13.2 Å². The zero-order valence-electron chi connectivity index (χ0n) is 15.0. The maximum Gasteiger partial charge on any atom is 0.221 e. The normalized spacial score (nSPS) is 12.6. The number of sulfone groups is 1. The molecule has 0 saturated heterocycles. The molecule has 0 unspecified atom stereocenters. The highest BCUT2D eigenvalue weighted by molar-refractivity contribution is 7.91. The molecule has 134 valence electrons. The largest absolute Gasteiger partial charge is 0.349 e. The minimum absolute atomic E-state index is 0.0431. The minimum Gasteiger partial charge on any atom is -0.349 e. The highest BCUT2D eigenvalue weighted by Crippen LogP contribution is 2.18. The van der Waals surface area contributed by atoms with Crippen LogP contribution in [0.5, 0.6) is 0 Å². The lowest BCUT2D eigenvalue weighted by Gasteiger charge is -2.17. The van der Waals surface area contributed by atoms with E-state index in [1.165, 1.54) is 0 Å². The van der Waals surface area contributed by atoms with Gasteiger partial charge >= 0.3 is 0 Å². The Bertz CT molecular complexity index is 809. The van der Waals surface area contributed by atoms with E-state index in [9.17, 15) is 13.2 Å². The van der Waals surface area contributed by atoms with E-state index in [2.05, 4.69) is 5.32 Å². The molecule has 4 nitrogen and oxygen atoms in total. The van der Waals surface area contributed by atoms with Crippen LogP contribution in [0, 0.1) is 13.8 Å². The first-order chi connectivity index (χ1) is 11.8. The fourth-order valence-corrected chi connectivity index (χ4v) is 3.82. The summed E-state index contributed by atoms with van der Waals surface area (Å²) in [5.74, 6) is -0.435. The lowest BCUT2D eigenvalue weighted by atomic mass is 10.0. The predicted octanol–water partition coefficient (Wildman–Crippen LogP) is 3.73. The molecule has 0 fully saturated rings. The molecule has 0 aliphatic carbocycles. The number of hydrogen-bond donors (Lipinski definition) is 1. The highest BCUT2D eigenvalue weighted by Gasteiger charge is 2.18. The number of carbonyl (C=O) groups is 1. The van der Waals surface area contributed by atoms with Crippen LogP contribution in [-0.4, -0.2) is 20.1 Å². The second kappa shape index (κ2) is 8.30. The highest BCUT2D eigenvalue weighted by atomic mass is 32.2. The van der Waals surface area contributed by atoms with E-state index in [0.717, 1.165) is 23.1 Å². The summed E-state index contributed by atoms with van der Waals surface area (Å²) in [5.41, 5.74) is 3.19. The topological polar surface area (TPSA) is 63.2 Å². The van der Waals surface area contributed by atoms with Gasteiger partial charge in [0, 0.05) is 6.42 Å². The van der Waals surface area contributed by atoms with Crippen LogP contribution in [0.2, 0.25) is 0 Å². The molecule has 2 rings (SSSR count). The van der Waals surface area contributed by atoms with Crippen LogP contribution in [0.15, 0.2) is 53.4 Å². The molecule has 0 saturated carbocycles. The number of rotatable bonds is 7. The molecule has 1 atom stereocenters. The van der Waals surface area contributed by atoms with Gasteiger partial charge in [0.2, 0.25) is 5.91 Å². The second-order valence-corrected chi connectivity index (χ2v) is 8.43. The van der Waals surface area contributed by atoms with Crippen molar-refractivity contribution >= 4 is 15.7 Å². The minimum atomic E-state index is -3.45. The quantitative estimate of drug-likeness (QED) is 0.819. The molecule has 0 radical (unpaired) electrons. The number of aryl methyl sites for hydroxylation is 2. The van der Waals surface area contributed by atoms with Gasteiger partial charge in [-0.3, -0.25) is 4.79 Å². The summed E-state index contributed by atoms with van der Waals surface area (Å²) in [5, 5.41) is 2.93. The van der Waals surface area contributed by atoms with Gasteiger partial charge in [-0.25, -0.2) is 8.42 Å². The Labute approximate surface area is 150 Å². The fraction of sp³-hybridized carbons (Fsp3) is 0.350. The van der Waals surface area contributed by atoms with Crippen molar-refractivity contribution in [1.29, 1.82) is 0 Å². The van der Waals surface area contributed by atoms with Crippen LogP contribution in [0.1, 0.15) is 42.5 Å². The Morgan fingerprint density at radius 2 is 1.48 bits per heavy atom. The van der Waals surface area contributed by atoms with E-state index in [1.54, 1.807) is 24.3 Å². The average molecular weight is 359 g/mol. The van der Waals surface area contributed by atoms with Crippen molar-refractivity contribution in [3.8, 4) is 0 Å². The molecule has 0 aliphatic heterocycles. The zero-order chi connectivity index (χ0) is 18.4. The number of carbonyl (C=O) groups excluding carboxylic acids is 1. The van der Waals surface area contributed by atoms with Gasteiger partial charge in [-0.15, -0.1) is 0 Å². The summed E-state index contributed by atoms with van der Waals surface area (Å²) in [6, 6.07) is 14.6. The van der Waals surface area contributed by atoms with E-state index >= 15 is 0 Å². The smallest absolute Gasteiger partial charge is 0.221 e. The third-order valence-corrected chi connectivity index (χ3v) is 5.93. The maximum absolute atomic E-state index is 12.3. The van der Waals surface area contributed by atoms with Crippen molar-refractivity contribution in [2.45, 2.75) is 44.6 Å². The molecule has 5 heteroatoms. The van der Waals surface area contributed by atoms with Gasteiger partial charge in [-0.1, -0.05) is 54.4 Å². The Morgan fingerprint density at radius 3 is 2.00 bits per heavy atom. The predicted molar refractivity (Wildman–Crippen MR) is 100 cm³/mol. The van der Waals surface area contributed by atoms with Gasteiger partial charge in [0.1, 0.15) is 0 Å². The molecule has 0 heterocycles. The molecule has 0 spiro atoms. The molecule has 0 aliphatic rings. The molecule has 2 aromatic carbocycles. The van der Waals surface area contributed by atoms with Crippen molar-refractivity contribution in [2.24, 2.45) is 0 Å². The van der Waals surface area contributed by atoms with E-state index in [1.807, 2.05) is 45.0 Å². The average Bonchev–Trinajstić information content (AvgIpc) is 2.59. The van der Waals surface area contributed by atoms with E-state index in [0.29, 0.717) is 0 Å². The summed E-state index contributed by atoms with van der Waals surface area (Å²) in [6.45, 7) is 5.91. The number of benzene rings is 2.